The Morgan fingerprint density at radius 1 is 1.32 bits per heavy atom. The zero-order chi connectivity index (χ0) is 15.4. The van der Waals surface area contributed by atoms with E-state index in [2.05, 4.69) is 32.3 Å². The van der Waals surface area contributed by atoms with E-state index in [4.69, 9.17) is 11.6 Å². The van der Waals surface area contributed by atoms with Crippen LogP contribution >= 0.6 is 11.6 Å². The van der Waals surface area contributed by atoms with Gasteiger partial charge in [-0.25, -0.2) is 0 Å². The average molecular weight is 318 g/mol. The molecule has 1 fully saturated rings. The van der Waals surface area contributed by atoms with E-state index in [1.54, 1.807) is 6.20 Å². The second-order valence-electron chi connectivity index (χ2n) is 5.81. The van der Waals surface area contributed by atoms with Crippen molar-refractivity contribution >= 4 is 23.4 Å². The molecule has 5 nitrogen and oxygen atoms in total. The largest absolute Gasteiger partial charge is 0.355 e. The summed E-state index contributed by atoms with van der Waals surface area (Å²) in [6, 6.07) is 7.73. The molecule has 116 valence electrons. The van der Waals surface area contributed by atoms with Gasteiger partial charge in [-0.3, -0.25) is 0 Å². The van der Waals surface area contributed by atoms with Crippen LogP contribution in [0.4, 0.5) is 11.8 Å². The minimum absolute atomic E-state index is 0.561. The first-order valence-corrected chi connectivity index (χ1v) is 8.01. The van der Waals surface area contributed by atoms with Gasteiger partial charge in [-0.05, 0) is 36.5 Å². The molecule has 6 heteroatoms. The molecule has 1 atom stereocenters. The van der Waals surface area contributed by atoms with Crippen LogP contribution in [0, 0.1) is 5.92 Å². The van der Waals surface area contributed by atoms with Crippen LogP contribution in [0.5, 0.6) is 0 Å². The molecule has 1 unspecified atom stereocenters. The van der Waals surface area contributed by atoms with E-state index in [1.165, 1.54) is 12.8 Å². The second-order valence-corrected chi connectivity index (χ2v) is 6.25. The van der Waals surface area contributed by atoms with Crippen molar-refractivity contribution in [2.24, 2.45) is 5.92 Å². The summed E-state index contributed by atoms with van der Waals surface area (Å²) in [5, 5.41) is 12.1. The number of nitrogens with zero attached hydrogens (tertiary/aromatic N) is 4. The number of nitrogens with one attached hydrogen (secondary N) is 1. The van der Waals surface area contributed by atoms with Crippen molar-refractivity contribution in [1.82, 2.24) is 15.2 Å². The molecule has 0 saturated carbocycles. The van der Waals surface area contributed by atoms with E-state index >= 15 is 0 Å². The van der Waals surface area contributed by atoms with Gasteiger partial charge in [0.05, 0.1) is 6.20 Å². The second kappa shape index (κ2) is 6.92. The van der Waals surface area contributed by atoms with Gasteiger partial charge in [-0.2, -0.15) is 10.1 Å². The predicted octanol–water partition coefficient (Wildman–Crippen LogP) is 3.37. The fourth-order valence-corrected chi connectivity index (χ4v) is 2.83. The Kier molecular flexibility index (Phi) is 4.73. The normalized spacial score (nSPS) is 18.3. The van der Waals surface area contributed by atoms with E-state index < -0.39 is 0 Å². The fourth-order valence-electron chi connectivity index (χ4n) is 2.70. The number of hydrogen-bond donors (Lipinski definition) is 1. The van der Waals surface area contributed by atoms with E-state index in [0.717, 1.165) is 29.5 Å². The van der Waals surface area contributed by atoms with Crippen molar-refractivity contribution in [2.75, 3.05) is 23.3 Å². The highest BCUT2D eigenvalue weighted by atomic mass is 35.5. The summed E-state index contributed by atoms with van der Waals surface area (Å²) in [4.78, 5) is 6.87. The first-order valence-electron chi connectivity index (χ1n) is 7.64. The molecule has 0 spiro atoms. The van der Waals surface area contributed by atoms with Crippen molar-refractivity contribution < 1.29 is 0 Å². The summed E-state index contributed by atoms with van der Waals surface area (Å²) < 4.78 is 0. The molecule has 0 aliphatic carbocycles. The van der Waals surface area contributed by atoms with Crippen molar-refractivity contribution in [3.05, 3.63) is 41.0 Å². The fraction of sp³-hybridized carbons (Fsp3) is 0.438. The summed E-state index contributed by atoms with van der Waals surface area (Å²) in [6.07, 6.45) is 4.24. The van der Waals surface area contributed by atoms with E-state index in [1.807, 2.05) is 24.3 Å². The van der Waals surface area contributed by atoms with Gasteiger partial charge in [0.1, 0.15) is 0 Å². The summed E-state index contributed by atoms with van der Waals surface area (Å²) in [5.74, 6) is 2.17. The van der Waals surface area contributed by atoms with Crippen LogP contribution in [-0.4, -0.2) is 28.3 Å². The van der Waals surface area contributed by atoms with Crippen molar-refractivity contribution in [3.8, 4) is 0 Å². The summed E-state index contributed by atoms with van der Waals surface area (Å²) >= 11 is 5.89. The molecule has 0 radical (unpaired) electrons. The lowest BCUT2D eigenvalue weighted by Crippen LogP contribution is -2.35. The Morgan fingerprint density at radius 3 is 2.91 bits per heavy atom. The molecule has 1 aliphatic heterocycles. The quantitative estimate of drug-likeness (QED) is 0.937. The summed E-state index contributed by atoms with van der Waals surface area (Å²) in [5.41, 5.74) is 1.13. The molecule has 22 heavy (non-hydrogen) atoms. The SMILES string of the molecule is CC1CCCN(c2cnnc(NCc3ccc(Cl)cc3)n2)C1. The maximum absolute atomic E-state index is 5.89. The number of rotatable bonds is 4. The number of aromatic nitrogens is 3. The smallest absolute Gasteiger partial charge is 0.244 e. The monoisotopic (exact) mass is 317 g/mol. The molecular formula is C16H20ClN5. The highest BCUT2D eigenvalue weighted by Crippen LogP contribution is 2.21. The highest BCUT2D eigenvalue weighted by molar-refractivity contribution is 6.30. The molecular weight excluding hydrogens is 298 g/mol. The summed E-state index contributed by atoms with van der Waals surface area (Å²) in [7, 11) is 0. The molecule has 1 N–H and O–H groups in total. The lowest BCUT2D eigenvalue weighted by molar-refractivity contribution is 0.444. The molecule has 0 amide bonds. The Balaban J connectivity index is 1.64. The third-order valence-electron chi connectivity index (χ3n) is 3.89. The minimum Gasteiger partial charge on any atom is -0.355 e. The lowest BCUT2D eigenvalue weighted by Gasteiger charge is -2.31. The Hall–Kier alpha value is -1.88. The van der Waals surface area contributed by atoms with Gasteiger partial charge in [-0.1, -0.05) is 30.7 Å². The van der Waals surface area contributed by atoms with Gasteiger partial charge in [0, 0.05) is 24.7 Å². The maximum atomic E-state index is 5.89. The van der Waals surface area contributed by atoms with Crippen LogP contribution in [0.15, 0.2) is 30.5 Å². The Bertz CT molecular complexity index is 616. The van der Waals surface area contributed by atoms with E-state index in [0.29, 0.717) is 18.4 Å². The Labute approximate surface area is 135 Å². The van der Waals surface area contributed by atoms with Crippen LogP contribution in [0.25, 0.3) is 0 Å². The zero-order valence-electron chi connectivity index (χ0n) is 12.7. The van der Waals surface area contributed by atoms with Crippen LogP contribution in [0.3, 0.4) is 0 Å². The van der Waals surface area contributed by atoms with Gasteiger partial charge in [-0.15, -0.1) is 5.10 Å². The highest BCUT2D eigenvalue weighted by Gasteiger charge is 2.18. The van der Waals surface area contributed by atoms with Gasteiger partial charge >= 0.3 is 0 Å². The molecule has 3 rings (SSSR count). The molecule has 2 heterocycles. The minimum atomic E-state index is 0.561. The number of anilines is 2. The molecule has 1 saturated heterocycles. The van der Waals surface area contributed by atoms with Gasteiger partial charge < -0.3 is 10.2 Å². The van der Waals surface area contributed by atoms with Crippen LogP contribution < -0.4 is 10.2 Å². The number of hydrogen-bond acceptors (Lipinski definition) is 5. The van der Waals surface area contributed by atoms with Gasteiger partial charge in [0.15, 0.2) is 5.82 Å². The number of piperidine rings is 1. The lowest BCUT2D eigenvalue weighted by atomic mass is 10.0. The third-order valence-corrected chi connectivity index (χ3v) is 4.14. The van der Waals surface area contributed by atoms with Crippen LogP contribution in [-0.2, 0) is 6.54 Å². The first kappa shape index (κ1) is 15.0. The third kappa shape index (κ3) is 3.85. The van der Waals surface area contributed by atoms with E-state index in [9.17, 15) is 0 Å². The first-order chi connectivity index (χ1) is 10.7. The maximum Gasteiger partial charge on any atom is 0.244 e. The van der Waals surface area contributed by atoms with E-state index in [-0.39, 0.29) is 0 Å². The van der Waals surface area contributed by atoms with Crippen molar-refractivity contribution in [3.63, 3.8) is 0 Å². The summed E-state index contributed by atoms with van der Waals surface area (Å²) in [6.45, 7) is 5.01. The van der Waals surface area contributed by atoms with Crippen LogP contribution in [0.1, 0.15) is 25.3 Å². The van der Waals surface area contributed by atoms with Crippen molar-refractivity contribution in [2.45, 2.75) is 26.3 Å². The Morgan fingerprint density at radius 2 is 2.14 bits per heavy atom. The van der Waals surface area contributed by atoms with Gasteiger partial charge in [0.2, 0.25) is 5.95 Å². The van der Waals surface area contributed by atoms with Gasteiger partial charge in [0.25, 0.3) is 0 Å². The molecule has 0 bridgehead atoms. The average Bonchev–Trinajstić information content (AvgIpc) is 2.55. The number of halogens is 1. The molecule has 1 aromatic heterocycles. The standard InChI is InChI=1S/C16H20ClN5/c1-12-3-2-8-22(11-12)15-10-19-21-16(20-15)18-9-13-4-6-14(17)7-5-13/h4-7,10,12H,2-3,8-9,11H2,1H3,(H,18,20,21). The predicted molar refractivity (Wildman–Crippen MR) is 89.2 cm³/mol. The van der Waals surface area contributed by atoms with Crippen LogP contribution in [0.2, 0.25) is 5.02 Å². The molecule has 2 aromatic rings. The zero-order valence-corrected chi connectivity index (χ0v) is 13.4. The molecule has 1 aliphatic rings. The topological polar surface area (TPSA) is 53.9 Å². The van der Waals surface area contributed by atoms with Crippen molar-refractivity contribution in [1.29, 1.82) is 0 Å². The number of benzene rings is 1. The molecule has 1 aromatic carbocycles.